The highest BCUT2D eigenvalue weighted by Gasteiger charge is 2.09. The van der Waals surface area contributed by atoms with Crippen LogP contribution in [0.25, 0.3) is 0 Å². The molecule has 0 unspecified atom stereocenters. The predicted octanol–water partition coefficient (Wildman–Crippen LogP) is 2.41. The SMILES string of the molecule is CSc1nc(N)c(Nc2cccc(C)c2)c(N)n1. The fourth-order valence-corrected chi connectivity index (χ4v) is 1.94. The number of benzene rings is 1. The Morgan fingerprint density at radius 2 is 1.83 bits per heavy atom. The van der Waals surface area contributed by atoms with Gasteiger partial charge in [-0.05, 0) is 30.9 Å². The van der Waals surface area contributed by atoms with Gasteiger partial charge in [0.25, 0.3) is 0 Å². The van der Waals surface area contributed by atoms with Crippen LogP contribution in [0.4, 0.5) is 23.0 Å². The summed E-state index contributed by atoms with van der Waals surface area (Å²) in [6.07, 6.45) is 1.88. The first kappa shape index (κ1) is 12.5. The van der Waals surface area contributed by atoms with Crippen molar-refractivity contribution < 1.29 is 0 Å². The van der Waals surface area contributed by atoms with Gasteiger partial charge in [0.1, 0.15) is 5.69 Å². The number of anilines is 4. The number of aryl methyl sites for hydroxylation is 1. The zero-order valence-corrected chi connectivity index (χ0v) is 11.1. The molecule has 0 bridgehead atoms. The van der Waals surface area contributed by atoms with Gasteiger partial charge >= 0.3 is 0 Å². The number of nitrogen functional groups attached to an aromatic ring is 2. The Labute approximate surface area is 110 Å². The molecule has 0 saturated carbocycles. The zero-order chi connectivity index (χ0) is 13.1. The van der Waals surface area contributed by atoms with E-state index in [9.17, 15) is 0 Å². The second kappa shape index (κ2) is 5.14. The van der Waals surface area contributed by atoms with Crippen LogP contribution >= 0.6 is 11.8 Å². The second-order valence-corrected chi connectivity index (χ2v) is 4.62. The Morgan fingerprint density at radius 1 is 1.17 bits per heavy atom. The van der Waals surface area contributed by atoms with Gasteiger partial charge in [-0.1, -0.05) is 23.9 Å². The fraction of sp³-hybridized carbons (Fsp3) is 0.167. The highest BCUT2D eigenvalue weighted by atomic mass is 32.2. The van der Waals surface area contributed by atoms with Crippen LogP contribution in [0, 0.1) is 6.92 Å². The average molecular weight is 261 g/mol. The zero-order valence-electron chi connectivity index (χ0n) is 10.3. The molecule has 0 spiro atoms. The summed E-state index contributed by atoms with van der Waals surface area (Å²) >= 11 is 1.40. The molecule has 0 radical (unpaired) electrons. The van der Waals surface area contributed by atoms with E-state index in [4.69, 9.17) is 11.5 Å². The van der Waals surface area contributed by atoms with E-state index in [1.54, 1.807) is 0 Å². The van der Waals surface area contributed by atoms with E-state index in [2.05, 4.69) is 15.3 Å². The average Bonchev–Trinajstić information content (AvgIpc) is 2.33. The van der Waals surface area contributed by atoms with Crippen molar-refractivity contribution in [3.05, 3.63) is 29.8 Å². The summed E-state index contributed by atoms with van der Waals surface area (Å²) in [6, 6.07) is 7.92. The molecule has 5 nitrogen and oxygen atoms in total. The third kappa shape index (κ3) is 2.65. The number of nitrogens with two attached hydrogens (primary N) is 2. The van der Waals surface area contributed by atoms with E-state index in [0.29, 0.717) is 22.5 Å². The van der Waals surface area contributed by atoms with Gasteiger partial charge in [-0.25, -0.2) is 9.97 Å². The van der Waals surface area contributed by atoms with Crippen molar-refractivity contribution in [2.24, 2.45) is 0 Å². The van der Waals surface area contributed by atoms with E-state index < -0.39 is 0 Å². The normalized spacial score (nSPS) is 10.3. The summed E-state index contributed by atoms with van der Waals surface area (Å²) < 4.78 is 0. The van der Waals surface area contributed by atoms with Crippen LogP contribution in [-0.2, 0) is 0 Å². The van der Waals surface area contributed by atoms with Gasteiger partial charge in [-0.3, -0.25) is 0 Å². The Bertz CT molecular complexity index is 547. The first-order chi connectivity index (χ1) is 8.60. The van der Waals surface area contributed by atoms with Gasteiger partial charge in [0, 0.05) is 5.69 Å². The number of hydrogen-bond donors (Lipinski definition) is 3. The third-order valence-electron chi connectivity index (χ3n) is 2.41. The number of hydrogen-bond acceptors (Lipinski definition) is 6. The molecule has 1 heterocycles. The maximum Gasteiger partial charge on any atom is 0.191 e. The van der Waals surface area contributed by atoms with Crippen LogP contribution in [0.15, 0.2) is 29.4 Å². The summed E-state index contributed by atoms with van der Waals surface area (Å²) in [7, 11) is 0. The smallest absolute Gasteiger partial charge is 0.191 e. The molecule has 0 aliphatic carbocycles. The molecule has 0 aliphatic heterocycles. The van der Waals surface area contributed by atoms with Crippen molar-refractivity contribution in [3.63, 3.8) is 0 Å². The highest BCUT2D eigenvalue weighted by molar-refractivity contribution is 7.98. The molecule has 0 atom stereocenters. The molecule has 6 heteroatoms. The van der Waals surface area contributed by atoms with Crippen LogP contribution < -0.4 is 16.8 Å². The number of nitrogens with zero attached hydrogens (tertiary/aromatic N) is 2. The number of rotatable bonds is 3. The molecule has 0 fully saturated rings. The fourth-order valence-electron chi connectivity index (χ4n) is 1.56. The van der Waals surface area contributed by atoms with Crippen LogP contribution in [0.3, 0.4) is 0 Å². The quantitative estimate of drug-likeness (QED) is 0.580. The van der Waals surface area contributed by atoms with Gasteiger partial charge in [0.15, 0.2) is 16.8 Å². The molecular weight excluding hydrogens is 246 g/mol. The van der Waals surface area contributed by atoms with E-state index >= 15 is 0 Å². The van der Waals surface area contributed by atoms with Crippen LogP contribution in [-0.4, -0.2) is 16.2 Å². The van der Waals surface area contributed by atoms with E-state index in [1.807, 2.05) is 37.4 Å². The van der Waals surface area contributed by atoms with E-state index in [0.717, 1.165) is 11.3 Å². The molecule has 1 aromatic heterocycles. The summed E-state index contributed by atoms with van der Waals surface area (Å²) in [5.41, 5.74) is 14.4. The highest BCUT2D eigenvalue weighted by Crippen LogP contribution is 2.28. The molecule has 0 aliphatic rings. The first-order valence-electron chi connectivity index (χ1n) is 5.41. The minimum absolute atomic E-state index is 0.355. The van der Waals surface area contributed by atoms with Gasteiger partial charge < -0.3 is 16.8 Å². The number of aromatic nitrogens is 2. The Hall–Kier alpha value is -1.95. The van der Waals surface area contributed by atoms with E-state index in [1.165, 1.54) is 11.8 Å². The Balaban J connectivity index is 2.35. The molecule has 5 N–H and O–H groups in total. The lowest BCUT2D eigenvalue weighted by Crippen LogP contribution is -2.06. The lowest BCUT2D eigenvalue weighted by atomic mass is 10.2. The Morgan fingerprint density at radius 3 is 2.39 bits per heavy atom. The van der Waals surface area contributed by atoms with Crippen molar-refractivity contribution in [1.29, 1.82) is 0 Å². The predicted molar refractivity (Wildman–Crippen MR) is 77.1 cm³/mol. The molecule has 1 aromatic carbocycles. The lowest BCUT2D eigenvalue weighted by molar-refractivity contribution is 0.990. The third-order valence-corrected chi connectivity index (χ3v) is 2.96. The van der Waals surface area contributed by atoms with Crippen molar-refractivity contribution in [2.45, 2.75) is 12.1 Å². The van der Waals surface area contributed by atoms with Gasteiger partial charge in [0.05, 0.1) is 0 Å². The molecule has 94 valence electrons. The van der Waals surface area contributed by atoms with E-state index in [-0.39, 0.29) is 0 Å². The summed E-state index contributed by atoms with van der Waals surface area (Å²) in [4.78, 5) is 8.32. The summed E-state index contributed by atoms with van der Waals surface area (Å²) in [5.74, 6) is 0.710. The molecule has 0 amide bonds. The minimum atomic E-state index is 0.355. The molecule has 0 saturated heterocycles. The van der Waals surface area contributed by atoms with Crippen molar-refractivity contribution in [1.82, 2.24) is 9.97 Å². The lowest BCUT2D eigenvalue weighted by Gasteiger charge is -2.12. The molecule has 2 rings (SSSR count). The van der Waals surface area contributed by atoms with Crippen molar-refractivity contribution in [2.75, 3.05) is 23.0 Å². The maximum absolute atomic E-state index is 5.88. The largest absolute Gasteiger partial charge is 0.382 e. The summed E-state index contributed by atoms with van der Waals surface area (Å²) in [5, 5.41) is 3.72. The number of thioether (sulfide) groups is 1. The van der Waals surface area contributed by atoms with Gasteiger partial charge in [-0.15, -0.1) is 0 Å². The van der Waals surface area contributed by atoms with Crippen molar-refractivity contribution in [3.8, 4) is 0 Å². The summed E-state index contributed by atoms with van der Waals surface area (Å²) in [6.45, 7) is 2.02. The van der Waals surface area contributed by atoms with Crippen molar-refractivity contribution >= 4 is 34.8 Å². The van der Waals surface area contributed by atoms with Gasteiger partial charge in [-0.2, -0.15) is 0 Å². The molecule has 18 heavy (non-hydrogen) atoms. The minimum Gasteiger partial charge on any atom is -0.382 e. The topological polar surface area (TPSA) is 89.8 Å². The Kier molecular flexibility index (Phi) is 3.57. The van der Waals surface area contributed by atoms with Gasteiger partial charge in [0.2, 0.25) is 0 Å². The standard InChI is InChI=1S/C12H15N5S/c1-7-4-3-5-8(6-7)15-9-10(13)16-12(18-2)17-11(9)14/h3-6,15H,1-2H3,(H4,13,14,16,17). The number of nitrogens with one attached hydrogen (secondary N) is 1. The maximum atomic E-state index is 5.88. The second-order valence-electron chi connectivity index (χ2n) is 3.85. The molecular formula is C12H15N5S. The van der Waals surface area contributed by atoms with Crippen LogP contribution in [0.2, 0.25) is 0 Å². The van der Waals surface area contributed by atoms with Crippen LogP contribution in [0.1, 0.15) is 5.56 Å². The monoisotopic (exact) mass is 261 g/mol. The molecule has 2 aromatic rings. The van der Waals surface area contributed by atoms with Crippen LogP contribution in [0.5, 0.6) is 0 Å². The first-order valence-corrected chi connectivity index (χ1v) is 6.63.